The van der Waals surface area contributed by atoms with E-state index in [1.807, 2.05) is 30.5 Å². The Morgan fingerprint density at radius 1 is 1.24 bits per heavy atom. The van der Waals surface area contributed by atoms with Crippen molar-refractivity contribution in [3.05, 3.63) is 36.0 Å². The molecule has 2 aromatic rings. The number of carboxylic acids is 1. The zero-order valence-electron chi connectivity index (χ0n) is 15.4. The summed E-state index contributed by atoms with van der Waals surface area (Å²) < 4.78 is 7.28. The minimum atomic E-state index is -1.09. The normalized spacial score (nSPS) is 13.0. The van der Waals surface area contributed by atoms with Crippen LogP contribution >= 0.6 is 0 Å². The molecule has 0 radical (unpaired) electrons. The van der Waals surface area contributed by atoms with Gasteiger partial charge in [0.1, 0.15) is 11.6 Å². The van der Waals surface area contributed by atoms with Gasteiger partial charge in [0, 0.05) is 29.6 Å². The molecule has 136 valence electrons. The van der Waals surface area contributed by atoms with Crippen LogP contribution in [-0.2, 0) is 16.0 Å². The minimum absolute atomic E-state index is 0.189. The largest absolute Gasteiger partial charge is 0.480 e. The number of carboxylic acid groups (broad SMARTS) is 1. The van der Waals surface area contributed by atoms with E-state index < -0.39 is 23.7 Å². The number of hydrogen-bond donors (Lipinski definition) is 2. The summed E-state index contributed by atoms with van der Waals surface area (Å²) in [5, 5.41) is 12.9. The van der Waals surface area contributed by atoms with E-state index in [1.54, 1.807) is 20.8 Å². The molecule has 0 aliphatic heterocycles. The molecule has 0 bridgehead atoms. The lowest BCUT2D eigenvalue weighted by Crippen LogP contribution is -2.44. The fourth-order valence-electron chi connectivity index (χ4n) is 2.74. The molecule has 0 aliphatic carbocycles. The Balaban J connectivity index is 2.27. The van der Waals surface area contributed by atoms with E-state index in [2.05, 4.69) is 23.7 Å². The molecule has 2 N–H and O–H groups in total. The van der Waals surface area contributed by atoms with Gasteiger partial charge in [-0.2, -0.15) is 0 Å². The van der Waals surface area contributed by atoms with Crippen LogP contribution < -0.4 is 5.32 Å². The highest BCUT2D eigenvalue weighted by atomic mass is 16.6. The van der Waals surface area contributed by atoms with Gasteiger partial charge >= 0.3 is 12.1 Å². The lowest BCUT2D eigenvalue weighted by molar-refractivity contribution is -0.139. The number of para-hydroxylation sites is 1. The van der Waals surface area contributed by atoms with Gasteiger partial charge in [0.2, 0.25) is 0 Å². The van der Waals surface area contributed by atoms with Crippen molar-refractivity contribution in [3.63, 3.8) is 0 Å². The van der Waals surface area contributed by atoms with Gasteiger partial charge in [0.05, 0.1) is 0 Å². The average molecular weight is 346 g/mol. The van der Waals surface area contributed by atoms with Crippen LogP contribution in [0, 0.1) is 0 Å². The third kappa shape index (κ3) is 4.75. The van der Waals surface area contributed by atoms with Crippen molar-refractivity contribution in [2.45, 2.75) is 58.7 Å². The SMILES string of the molecule is CC(C)n1cc(C[C@@H](NC(=O)OC(C)(C)C)C(=O)O)c2ccccc21. The second-order valence-electron chi connectivity index (χ2n) is 7.41. The number of ether oxygens (including phenoxy) is 1. The van der Waals surface area contributed by atoms with Gasteiger partial charge in [-0.15, -0.1) is 0 Å². The van der Waals surface area contributed by atoms with E-state index in [1.165, 1.54) is 0 Å². The molecule has 0 spiro atoms. The highest BCUT2D eigenvalue weighted by Gasteiger charge is 2.25. The second-order valence-corrected chi connectivity index (χ2v) is 7.41. The maximum absolute atomic E-state index is 11.9. The smallest absolute Gasteiger partial charge is 0.408 e. The van der Waals surface area contributed by atoms with Gasteiger partial charge in [-0.25, -0.2) is 9.59 Å². The number of hydrogen-bond acceptors (Lipinski definition) is 3. The van der Waals surface area contributed by atoms with Gasteiger partial charge < -0.3 is 19.7 Å². The lowest BCUT2D eigenvalue weighted by atomic mass is 10.1. The Morgan fingerprint density at radius 3 is 2.44 bits per heavy atom. The van der Waals surface area contributed by atoms with E-state index in [9.17, 15) is 14.7 Å². The first-order valence-corrected chi connectivity index (χ1v) is 8.39. The summed E-state index contributed by atoms with van der Waals surface area (Å²) in [6.45, 7) is 9.35. The predicted molar refractivity (Wildman–Crippen MR) is 96.8 cm³/mol. The Labute approximate surface area is 147 Å². The van der Waals surface area contributed by atoms with Crippen LogP contribution in [0.25, 0.3) is 10.9 Å². The van der Waals surface area contributed by atoms with Crippen LogP contribution in [-0.4, -0.2) is 33.4 Å². The number of amides is 1. The Hall–Kier alpha value is -2.50. The Kier molecular flexibility index (Phi) is 5.40. The number of aromatic nitrogens is 1. The number of aliphatic carboxylic acids is 1. The molecule has 2 rings (SSSR count). The van der Waals surface area contributed by atoms with E-state index >= 15 is 0 Å². The molecular formula is C19H26N2O4. The van der Waals surface area contributed by atoms with Crippen LogP contribution in [0.4, 0.5) is 4.79 Å². The number of carbonyl (C=O) groups excluding carboxylic acids is 1. The van der Waals surface area contributed by atoms with E-state index in [0.29, 0.717) is 0 Å². The van der Waals surface area contributed by atoms with Crippen LogP contribution in [0.2, 0.25) is 0 Å². The lowest BCUT2D eigenvalue weighted by Gasteiger charge is -2.22. The third-order valence-electron chi connectivity index (χ3n) is 3.79. The maximum Gasteiger partial charge on any atom is 0.408 e. The molecule has 1 atom stereocenters. The molecule has 1 aromatic heterocycles. The number of rotatable bonds is 5. The standard InChI is InChI=1S/C19H26N2O4/c1-12(2)21-11-13(14-8-6-7-9-16(14)21)10-15(17(22)23)20-18(24)25-19(3,4)5/h6-9,11-12,15H,10H2,1-5H3,(H,20,24)(H,22,23)/t15-/m1/s1. The fourth-order valence-corrected chi connectivity index (χ4v) is 2.74. The predicted octanol–water partition coefficient (Wildman–Crippen LogP) is 3.74. The van der Waals surface area contributed by atoms with E-state index in [-0.39, 0.29) is 12.5 Å². The number of fused-ring (bicyclic) bond motifs is 1. The third-order valence-corrected chi connectivity index (χ3v) is 3.79. The second kappa shape index (κ2) is 7.17. The molecule has 0 fully saturated rings. The number of alkyl carbamates (subject to hydrolysis) is 1. The van der Waals surface area contributed by atoms with Crippen LogP contribution in [0.3, 0.4) is 0 Å². The first kappa shape index (κ1) is 18.8. The van der Waals surface area contributed by atoms with Crippen molar-refractivity contribution in [2.75, 3.05) is 0 Å². The van der Waals surface area contributed by atoms with E-state index in [4.69, 9.17) is 4.74 Å². The summed E-state index contributed by atoms with van der Waals surface area (Å²) in [4.78, 5) is 23.5. The molecule has 0 unspecified atom stereocenters. The van der Waals surface area contributed by atoms with Crippen molar-refractivity contribution < 1.29 is 19.4 Å². The molecule has 1 heterocycles. The molecule has 0 saturated carbocycles. The van der Waals surface area contributed by atoms with Gasteiger partial charge in [0.15, 0.2) is 0 Å². The first-order chi connectivity index (χ1) is 11.6. The molecule has 1 amide bonds. The minimum Gasteiger partial charge on any atom is -0.480 e. The number of nitrogens with zero attached hydrogens (tertiary/aromatic N) is 1. The molecule has 1 aromatic carbocycles. The molecule has 0 saturated heterocycles. The van der Waals surface area contributed by atoms with Crippen LogP contribution in [0.1, 0.15) is 46.2 Å². The van der Waals surface area contributed by atoms with Crippen LogP contribution in [0.15, 0.2) is 30.5 Å². The zero-order chi connectivity index (χ0) is 18.8. The number of nitrogens with one attached hydrogen (secondary N) is 1. The Morgan fingerprint density at radius 2 is 1.88 bits per heavy atom. The zero-order valence-corrected chi connectivity index (χ0v) is 15.4. The van der Waals surface area contributed by atoms with Crippen LogP contribution in [0.5, 0.6) is 0 Å². The molecule has 6 nitrogen and oxygen atoms in total. The van der Waals surface area contributed by atoms with Crippen molar-refractivity contribution in [1.82, 2.24) is 9.88 Å². The highest BCUT2D eigenvalue weighted by molar-refractivity contribution is 5.86. The maximum atomic E-state index is 11.9. The van der Waals surface area contributed by atoms with Crippen molar-refractivity contribution in [3.8, 4) is 0 Å². The Bertz CT molecular complexity index is 771. The van der Waals surface area contributed by atoms with Gasteiger partial charge in [-0.1, -0.05) is 18.2 Å². The molecule has 0 aliphatic rings. The summed E-state index contributed by atoms with van der Waals surface area (Å²) in [7, 11) is 0. The summed E-state index contributed by atoms with van der Waals surface area (Å²) in [5.74, 6) is -1.09. The topological polar surface area (TPSA) is 80.6 Å². The first-order valence-electron chi connectivity index (χ1n) is 8.39. The fraction of sp³-hybridized carbons (Fsp3) is 0.474. The average Bonchev–Trinajstić information content (AvgIpc) is 2.84. The highest BCUT2D eigenvalue weighted by Crippen LogP contribution is 2.25. The van der Waals surface area contributed by atoms with Gasteiger partial charge in [0.25, 0.3) is 0 Å². The van der Waals surface area contributed by atoms with Crippen molar-refractivity contribution in [1.29, 1.82) is 0 Å². The summed E-state index contributed by atoms with van der Waals surface area (Å²) in [5.41, 5.74) is 1.25. The number of carbonyl (C=O) groups is 2. The van der Waals surface area contributed by atoms with Crippen molar-refractivity contribution in [2.24, 2.45) is 0 Å². The van der Waals surface area contributed by atoms with Gasteiger partial charge in [-0.3, -0.25) is 0 Å². The summed E-state index contributed by atoms with van der Waals surface area (Å²) >= 11 is 0. The summed E-state index contributed by atoms with van der Waals surface area (Å²) in [6, 6.07) is 7.06. The molecular weight excluding hydrogens is 320 g/mol. The summed E-state index contributed by atoms with van der Waals surface area (Å²) in [6.07, 6.45) is 1.42. The molecule has 25 heavy (non-hydrogen) atoms. The number of benzene rings is 1. The van der Waals surface area contributed by atoms with E-state index in [0.717, 1.165) is 16.5 Å². The monoisotopic (exact) mass is 346 g/mol. The van der Waals surface area contributed by atoms with Crippen molar-refractivity contribution >= 4 is 23.0 Å². The van der Waals surface area contributed by atoms with Gasteiger partial charge in [-0.05, 0) is 46.2 Å². The molecule has 6 heteroatoms. The quantitative estimate of drug-likeness (QED) is 0.864.